The van der Waals surface area contributed by atoms with Crippen LogP contribution in [0.25, 0.3) is 75.0 Å². The maximum Gasteiger partial charge on any atom is 0.0789 e. The second kappa shape index (κ2) is 11.7. The molecule has 0 saturated heterocycles. The quantitative estimate of drug-likeness (QED) is 0.172. The van der Waals surface area contributed by atoms with Gasteiger partial charge < -0.3 is 4.90 Å². The second-order valence-corrected chi connectivity index (χ2v) is 13.8. The first-order chi connectivity index (χ1) is 24.8. The Labute approximate surface area is 294 Å². The molecular weight excluding hydrogens is 625 g/mol. The Morgan fingerprint density at radius 2 is 1.04 bits per heavy atom. The van der Waals surface area contributed by atoms with Crippen LogP contribution in [-0.4, -0.2) is 4.98 Å². The second-order valence-electron chi connectivity index (χ2n) is 12.7. The SMILES string of the molecule is c1ccc(-c2ccc(N(c3cccc4ccccc34)c3cc4c(-c5ccccc5)nc5ccccc5c4c4c3sc3ccccc34)cc2)cc1. The number of benzene rings is 8. The maximum absolute atomic E-state index is 5.37. The van der Waals surface area contributed by atoms with Crippen LogP contribution in [0.5, 0.6) is 0 Å². The standard InChI is InChI=1S/C47H30N2S/c1-3-14-31(15-4-1)32-26-28-35(29-27-32)49(41-24-13-19-33-16-7-8-20-36(33)41)42-30-39-44(45-38-22-10-12-25-43(38)50-47(42)45)37-21-9-11-23-40(37)48-46(39)34-17-5-2-6-18-34/h1-30H. The summed E-state index contributed by atoms with van der Waals surface area (Å²) in [5.41, 5.74) is 8.90. The molecule has 0 atom stereocenters. The summed E-state index contributed by atoms with van der Waals surface area (Å²) in [6.45, 7) is 0. The molecule has 50 heavy (non-hydrogen) atoms. The lowest BCUT2D eigenvalue weighted by Crippen LogP contribution is -2.11. The Kier molecular flexibility index (Phi) is 6.71. The minimum absolute atomic E-state index is 0.995. The molecule has 3 heteroatoms. The average Bonchev–Trinajstić information content (AvgIpc) is 3.59. The highest BCUT2D eigenvalue weighted by Gasteiger charge is 2.24. The molecule has 0 aliphatic rings. The summed E-state index contributed by atoms with van der Waals surface area (Å²) in [7, 11) is 0. The van der Waals surface area contributed by atoms with Gasteiger partial charge in [0.1, 0.15) is 0 Å². The molecule has 0 aliphatic carbocycles. The van der Waals surface area contributed by atoms with Crippen molar-refractivity contribution >= 4 is 81.0 Å². The van der Waals surface area contributed by atoms with E-state index in [0.29, 0.717) is 0 Å². The molecule has 2 nitrogen and oxygen atoms in total. The Morgan fingerprint density at radius 3 is 1.84 bits per heavy atom. The number of rotatable bonds is 5. The summed E-state index contributed by atoms with van der Waals surface area (Å²) in [5.74, 6) is 0. The Balaban J connectivity index is 1.36. The van der Waals surface area contributed by atoms with Crippen LogP contribution in [0, 0.1) is 0 Å². The third-order valence-corrected chi connectivity index (χ3v) is 11.0. The van der Waals surface area contributed by atoms with E-state index >= 15 is 0 Å². The maximum atomic E-state index is 5.37. The number of fused-ring (bicyclic) bond motifs is 8. The molecule has 234 valence electrons. The minimum atomic E-state index is 0.995. The highest BCUT2D eigenvalue weighted by Crippen LogP contribution is 2.51. The van der Waals surface area contributed by atoms with Crippen molar-refractivity contribution in [2.75, 3.05) is 4.90 Å². The van der Waals surface area contributed by atoms with Crippen molar-refractivity contribution in [2.45, 2.75) is 0 Å². The van der Waals surface area contributed by atoms with Crippen molar-refractivity contribution in [2.24, 2.45) is 0 Å². The summed E-state index contributed by atoms with van der Waals surface area (Å²) in [5, 5.41) is 8.53. The predicted molar refractivity (Wildman–Crippen MR) is 215 cm³/mol. The van der Waals surface area contributed by atoms with Crippen LogP contribution in [-0.2, 0) is 0 Å². The molecule has 0 bridgehead atoms. The van der Waals surface area contributed by atoms with E-state index in [1.165, 1.54) is 52.8 Å². The molecule has 8 aromatic carbocycles. The topological polar surface area (TPSA) is 16.1 Å². The molecule has 0 N–H and O–H groups in total. The third-order valence-electron chi connectivity index (χ3n) is 9.82. The first-order valence-corrected chi connectivity index (χ1v) is 17.8. The molecule has 2 aromatic heterocycles. The van der Waals surface area contributed by atoms with Gasteiger partial charge in [0.2, 0.25) is 0 Å². The van der Waals surface area contributed by atoms with Crippen molar-refractivity contribution < 1.29 is 0 Å². The van der Waals surface area contributed by atoms with Crippen molar-refractivity contribution in [1.29, 1.82) is 0 Å². The molecule has 0 saturated carbocycles. The van der Waals surface area contributed by atoms with Crippen LogP contribution in [0.15, 0.2) is 182 Å². The van der Waals surface area contributed by atoms with Crippen LogP contribution >= 0.6 is 11.3 Å². The Hall–Kier alpha value is -6.29. The Morgan fingerprint density at radius 1 is 0.420 bits per heavy atom. The van der Waals surface area contributed by atoms with Gasteiger partial charge in [-0.3, -0.25) is 0 Å². The largest absolute Gasteiger partial charge is 0.308 e. The number of nitrogens with zero attached hydrogens (tertiary/aromatic N) is 2. The first kappa shape index (κ1) is 28.7. The summed E-state index contributed by atoms with van der Waals surface area (Å²) < 4.78 is 2.53. The van der Waals surface area contributed by atoms with Crippen molar-refractivity contribution in [3.8, 4) is 22.4 Å². The fourth-order valence-corrected chi connectivity index (χ4v) is 8.76. The van der Waals surface area contributed by atoms with Gasteiger partial charge >= 0.3 is 0 Å². The number of anilines is 3. The number of hydrogen-bond donors (Lipinski definition) is 0. The lowest BCUT2D eigenvalue weighted by atomic mass is 9.94. The molecule has 0 spiro atoms. The number of hydrogen-bond acceptors (Lipinski definition) is 3. The summed E-state index contributed by atoms with van der Waals surface area (Å²) in [6, 6.07) is 65.5. The highest BCUT2D eigenvalue weighted by atomic mass is 32.1. The van der Waals surface area contributed by atoms with E-state index in [2.05, 4.69) is 187 Å². The zero-order chi connectivity index (χ0) is 33.0. The number of thiophene rings is 1. The van der Waals surface area contributed by atoms with Crippen molar-refractivity contribution in [1.82, 2.24) is 4.98 Å². The fourth-order valence-electron chi connectivity index (χ4n) is 7.54. The highest BCUT2D eigenvalue weighted by molar-refractivity contribution is 7.26. The summed E-state index contributed by atoms with van der Waals surface area (Å²) >= 11 is 1.87. The molecule has 0 amide bonds. The molecule has 0 aliphatic heterocycles. The van der Waals surface area contributed by atoms with Crippen LogP contribution in [0.4, 0.5) is 17.1 Å². The van der Waals surface area contributed by atoms with E-state index in [9.17, 15) is 0 Å². The van der Waals surface area contributed by atoms with Crippen LogP contribution < -0.4 is 4.90 Å². The smallest absolute Gasteiger partial charge is 0.0789 e. The van der Waals surface area contributed by atoms with Gasteiger partial charge in [0, 0.05) is 48.3 Å². The van der Waals surface area contributed by atoms with Crippen molar-refractivity contribution in [3.63, 3.8) is 0 Å². The molecule has 10 rings (SSSR count). The fraction of sp³-hybridized carbons (Fsp3) is 0. The normalized spacial score (nSPS) is 11.6. The third kappa shape index (κ3) is 4.59. The molecular formula is C47H30N2S. The predicted octanol–water partition coefficient (Wildman–Crippen LogP) is 13.7. The van der Waals surface area contributed by atoms with Crippen molar-refractivity contribution in [3.05, 3.63) is 182 Å². The van der Waals surface area contributed by atoms with Crippen LogP contribution in [0.1, 0.15) is 0 Å². The van der Waals surface area contributed by atoms with Gasteiger partial charge in [-0.15, -0.1) is 11.3 Å². The van der Waals surface area contributed by atoms with Crippen LogP contribution in [0.2, 0.25) is 0 Å². The molecule has 10 aromatic rings. The number of aromatic nitrogens is 1. The average molecular weight is 655 g/mol. The van der Waals surface area contributed by atoms with E-state index in [1.54, 1.807) is 0 Å². The molecule has 0 fully saturated rings. The Bertz CT molecular complexity index is 2850. The zero-order valence-corrected chi connectivity index (χ0v) is 27.9. The van der Waals surface area contributed by atoms with Gasteiger partial charge in [-0.05, 0) is 52.9 Å². The van der Waals surface area contributed by atoms with Gasteiger partial charge in [0.05, 0.1) is 27.3 Å². The van der Waals surface area contributed by atoms with Crippen LogP contribution in [0.3, 0.4) is 0 Å². The van der Waals surface area contributed by atoms with Gasteiger partial charge in [-0.2, -0.15) is 0 Å². The summed E-state index contributed by atoms with van der Waals surface area (Å²) in [4.78, 5) is 7.84. The van der Waals surface area contributed by atoms with Gasteiger partial charge in [-0.25, -0.2) is 4.98 Å². The molecule has 0 unspecified atom stereocenters. The zero-order valence-electron chi connectivity index (χ0n) is 27.1. The van der Waals surface area contributed by atoms with E-state index in [4.69, 9.17) is 4.98 Å². The monoisotopic (exact) mass is 654 g/mol. The lowest BCUT2D eigenvalue weighted by Gasteiger charge is -2.28. The minimum Gasteiger partial charge on any atom is -0.308 e. The molecule has 0 radical (unpaired) electrons. The van der Waals surface area contributed by atoms with E-state index in [-0.39, 0.29) is 0 Å². The lowest BCUT2D eigenvalue weighted by molar-refractivity contribution is 1.32. The summed E-state index contributed by atoms with van der Waals surface area (Å²) in [6.07, 6.45) is 0. The first-order valence-electron chi connectivity index (χ1n) is 17.0. The van der Waals surface area contributed by atoms with Gasteiger partial charge in [-0.1, -0.05) is 146 Å². The molecule has 2 heterocycles. The number of pyridine rings is 1. The van der Waals surface area contributed by atoms with Gasteiger partial charge in [0.15, 0.2) is 0 Å². The number of para-hydroxylation sites is 1. The van der Waals surface area contributed by atoms with E-state index in [0.717, 1.165) is 39.2 Å². The van der Waals surface area contributed by atoms with E-state index < -0.39 is 0 Å². The van der Waals surface area contributed by atoms with Gasteiger partial charge in [0.25, 0.3) is 0 Å². The van der Waals surface area contributed by atoms with E-state index in [1.807, 2.05) is 11.3 Å².